The summed E-state index contributed by atoms with van der Waals surface area (Å²) in [5.41, 5.74) is 9.08. The number of fused-ring (bicyclic) bond motifs is 1. The molecule has 1 aliphatic rings. The van der Waals surface area contributed by atoms with E-state index in [0.717, 1.165) is 17.5 Å². The molecule has 94 valence electrons. The lowest BCUT2D eigenvalue weighted by Crippen LogP contribution is -2.29. The van der Waals surface area contributed by atoms with Gasteiger partial charge < -0.3 is 15.6 Å². The number of hydrogen-bond donors (Lipinski definition) is 2. The topological polar surface area (TPSA) is 72.9 Å². The zero-order valence-electron chi connectivity index (χ0n) is 10.3. The number of nitrogens with zero attached hydrogens (tertiary/aromatic N) is 2. The summed E-state index contributed by atoms with van der Waals surface area (Å²) in [4.78, 5) is 15.6. The first-order chi connectivity index (χ1) is 8.63. The van der Waals surface area contributed by atoms with E-state index >= 15 is 0 Å². The highest BCUT2D eigenvalue weighted by Gasteiger charge is 2.22. The highest BCUT2D eigenvalue weighted by atomic mass is 16.1. The standard InChI is InChI=1S/C13H16N4O/c1-8-2-4-10-11(6-8)17(13(14)16-10)7-9-3-5-12(18)15-9/h2,4,6,9H,3,5,7H2,1H3,(H2,14,16)(H,15,18). The number of rotatable bonds is 2. The van der Waals surface area contributed by atoms with E-state index < -0.39 is 0 Å². The van der Waals surface area contributed by atoms with Crippen LogP contribution >= 0.6 is 0 Å². The smallest absolute Gasteiger partial charge is 0.220 e. The van der Waals surface area contributed by atoms with E-state index in [9.17, 15) is 4.79 Å². The number of anilines is 1. The molecular formula is C13H16N4O. The van der Waals surface area contributed by atoms with Crippen molar-refractivity contribution < 1.29 is 4.79 Å². The predicted molar refractivity (Wildman–Crippen MR) is 70.0 cm³/mol. The molecule has 3 N–H and O–H groups in total. The van der Waals surface area contributed by atoms with Crippen LogP contribution in [0.5, 0.6) is 0 Å². The van der Waals surface area contributed by atoms with Gasteiger partial charge in [-0.25, -0.2) is 4.98 Å². The van der Waals surface area contributed by atoms with E-state index in [2.05, 4.69) is 16.4 Å². The van der Waals surface area contributed by atoms with Crippen LogP contribution in [0, 0.1) is 6.92 Å². The lowest BCUT2D eigenvalue weighted by atomic mass is 10.2. The van der Waals surface area contributed by atoms with Gasteiger partial charge >= 0.3 is 0 Å². The number of benzene rings is 1. The van der Waals surface area contributed by atoms with Crippen molar-refractivity contribution in [1.82, 2.24) is 14.9 Å². The molecule has 1 amide bonds. The van der Waals surface area contributed by atoms with Gasteiger partial charge in [-0.2, -0.15) is 0 Å². The second kappa shape index (κ2) is 4.01. The van der Waals surface area contributed by atoms with Crippen LogP contribution in [0.15, 0.2) is 18.2 Å². The zero-order valence-corrected chi connectivity index (χ0v) is 10.3. The second-order valence-corrected chi connectivity index (χ2v) is 4.88. The summed E-state index contributed by atoms with van der Waals surface area (Å²) in [5, 5.41) is 2.96. The summed E-state index contributed by atoms with van der Waals surface area (Å²) in [5.74, 6) is 0.635. The molecule has 18 heavy (non-hydrogen) atoms. The van der Waals surface area contributed by atoms with Crippen molar-refractivity contribution in [3.05, 3.63) is 23.8 Å². The Balaban J connectivity index is 1.97. The SMILES string of the molecule is Cc1ccc2nc(N)n(CC3CCC(=O)N3)c2c1. The second-order valence-electron chi connectivity index (χ2n) is 4.88. The van der Waals surface area contributed by atoms with Gasteiger partial charge in [-0.15, -0.1) is 0 Å². The van der Waals surface area contributed by atoms with Gasteiger partial charge in [0.15, 0.2) is 0 Å². The molecule has 0 radical (unpaired) electrons. The summed E-state index contributed by atoms with van der Waals surface area (Å²) >= 11 is 0. The fraction of sp³-hybridized carbons (Fsp3) is 0.385. The molecule has 5 heteroatoms. The fourth-order valence-corrected chi connectivity index (χ4v) is 2.48. The Bertz CT molecular complexity index is 617. The van der Waals surface area contributed by atoms with E-state index in [4.69, 9.17) is 5.73 Å². The molecule has 0 saturated carbocycles. The molecular weight excluding hydrogens is 228 g/mol. The summed E-state index contributed by atoms with van der Waals surface area (Å²) in [7, 11) is 0. The van der Waals surface area contributed by atoms with Crippen LogP contribution in [0.2, 0.25) is 0 Å². The van der Waals surface area contributed by atoms with E-state index in [1.165, 1.54) is 5.56 Å². The van der Waals surface area contributed by atoms with Gasteiger partial charge in [-0.05, 0) is 31.0 Å². The maximum Gasteiger partial charge on any atom is 0.220 e. The number of aromatic nitrogens is 2. The monoisotopic (exact) mass is 244 g/mol. The van der Waals surface area contributed by atoms with Crippen LogP contribution in [-0.4, -0.2) is 21.5 Å². The first kappa shape index (κ1) is 11.1. The minimum Gasteiger partial charge on any atom is -0.369 e. The highest BCUT2D eigenvalue weighted by molar-refractivity contribution is 5.80. The van der Waals surface area contributed by atoms with Crippen LogP contribution < -0.4 is 11.1 Å². The van der Waals surface area contributed by atoms with E-state index in [0.29, 0.717) is 18.9 Å². The maximum atomic E-state index is 11.2. The summed E-state index contributed by atoms with van der Waals surface area (Å²) < 4.78 is 1.98. The molecule has 1 aromatic carbocycles. The van der Waals surface area contributed by atoms with Gasteiger partial charge in [0.2, 0.25) is 11.9 Å². The van der Waals surface area contributed by atoms with Crippen molar-refractivity contribution in [2.75, 3.05) is 5.73 Å². The van der Waals surface area contributed by atoms with Crippen LogP contribution in [0.25, 0.3) is 11.0 Å². The molecule has 1 aliphatic heterocycles. The molecule has 1 unspecified atom stereocenters. The van der Waals surface area contributed by atoms with Crippen LogP contribution in [0.1, 0.15) is 18.4 Å². The Morgan fingerprint density at radius 3 is 3.11 bits per heavy atom. The lowest BCUT2D eigenvalue weighted by Gasteiger charge is -2.13. The highest BCUT2D eigenvalue weighted by Crippen LogP contribution is 2.21. The lowest BCUT2D eigenvalue weighted by molar-refractivity contribution is -0.119. The number of nitrogens with two attached hydrogens (primary N) is 1. The quantitative estimate of drug-likeness (QED) is 0.833. The Kier molecular flexibility index (Phi) is 2.47. The van der Waals surface area contributed by atoms with Crippen molar-refractivity contribution in [3.63, 3.8) is 0 Å². The maximum absolute atomic E-state index is 11.2. The van der Waals surface area contributed by atoms with E-state index in [-0.39, 0.29) is 11.9 Å². The molecule has 1 fully saturated rings. The average molecular weight is 244 g/mol. The number of carbonyl (C=O) groups is 1. The molecule has 0 aliphatic carbocycles. The van der Waals surface area contributed by atoms with Crippen molar-refractivity contribution in [3.8, 4) is 0 Å². The minimum absolute atomic E-state index is 0.124. The van der Waals surface area contributed by atoms with Gasteiger partial charge in [-0.1, -0.05) is 6.07 Å². The van der Waals surface area contributed by atoms with Gasteiger partial charge in [0.05, 0.1) is 11.0 Å². The van der Waals surface area contributed by atoms with Crippen LogP contribution in [0.3, 0.4) is 0 Å². The number of imidazole rings is 1. The van der Waals surface area contributed by atoms with E-state index in [1.807, 2.05) is 23.6 Å². The Labute approximate surface area is 105 Å². The Morgan fingerprint density at radius 2 is 2.39 bits per heavy atom. The van der Waals surface area contributed by atoms with Gasteiger partial charge in [0.1, 0.15) is 0 Å². The van der Waals surface area contributed by atoms with Gasteiger partial charge in [-0.3, -0.25) is 4.79 Å². The fourth-order valence-electron chi connectivity index (χ4n) is 2.48. The first-order valence-electron chi connectivity index (χ1n) is 6.15. The predicted octanol–water partition coefficient (Wildman–Crippen LogP) is 1.21. The molecule has 1 saturated heterocycles. The van der Waals surface area contributed by atoms with Gasteiger partial charge in [0, 0.05) is 19.0 Å². The zero-order chi connectivity index (χ0) is 12.7. The third-order valence-electron chi connectivity index (χ3n) is 3.42. The third-order valence-corrected chi connectivity index (χ3v) is 3.42. The number of amides is 1. The van der Waals surface area contributed by atoms with Crippen LogP contribution in [-0.2, 0) is 11.3 Å². The molecule has 2 aromatic rings. The summed E-state index contributed by atoms with van der Waals surface area (Å²) in [6.45, 7) is 2.74. The Hall–Kier alpha value is -2.04. The molecule has 2 heterocycles. The van der Waals surface area contributed by atoms with Crippen molar-refractivity contribution in [2.45, 2.75) is 32.4 Å². The van der Waals surface area contributed by atoms with Crippen LogP contribution in [0.4, 0.5) is 5.95 Å². The molecule has 0 spiro atoms. The van der Waals surface area contributed by atoms with Gasteiger partial charge in [0.25, 0.3) is 0 Å². The molecule has 0 bridgehead atoms. The van der Waals surface area contributed by atoms with E-state index in [1.54, 1.807) is 0 Å². The molecule has 5 nitrogen and oxygen atoms in total. The third kappa shape index (κ3) is 1.81. The van der Waals surface area contributed by atoms with Crippen molar-refractivity contribution >= 4 is 22.9 Å². The Morgan fingerprint density at radius 1 is 1.56 bits per heavy atom. The average Bonchev–Trinajstić information content (AvgIpc) is 2.86. The number of nitrogens with one attached hydrogen (secondary N) is 1. The molecule has 1 aromatic heterocycles. The summed E-state index contributed by atoms with van der Waals surface area (Å²) in [6.07, 6.45) is 1.47. The first-order valence-corrected chi connectivity index (χ1v) is 6.15. The number of carbonyl (C=O) groups excluding carboxylic acids is 1. The number of aryl methyl sites for hydroxylation is 1. The largest absolute Gasteiger partial charge is 0.369 e. The summed E-state index contributed by atoms with van der Waals surface area (Å²) in [6, 6.07) is 6.24. The number of hydrogen-bond acceptors (Lipinski definition) is 3. The molecule has 3 rings (SSSR count). The normalized spacial score (nSPS) is 19.4. The minimum atomic E-state index is 0.124. The van der Waals surface area contributed by atoms with Crippen molar-refractivity contribution in [1.29, 1.82) is 0 Å². The number of nitrogen functional groups attached to an aromatic ring is 1. The molecule has 1 atom stereocenters. The van der Waals surface area contributed by atoms with Crippen molar-refractivity contribution in [2.24, 2.45) is 0 Å².